The molecule has 5 nitrogen and oxygen atoms in total. The molecule has 0 unspecified atom stereocenters. The summed E-state index contributed by atoms with van der Waals surface area (Å²) in [5, 5.41) is 15.7. The summed E-state index contributed by atoms with van der Waals surface area (Å²) in [5.74, 6) is 0.290. The van der Waals surface area contributed by atoms with Crippen LogP contribution in [0.4, 0.5) is 0 Å². The van der Waals surface area contributed by atoms with Gasteiger partial charge in [-0.3, -0.25) is 4.90 Å². The smallest absolute Gasteiger partial charge is 0.175 e. The van der Waals surface area contributed by atoms with Gasteiger partial charge in [0.25, 0.3) is 0 Å². The van der Waals surface area contributed by atoms with Gasteiger partial charge >= 0.3 is 0 Å². The third-order valence-corrected chi connectivity index (χ3v) is 5.30. The molecule has 1 aliphatic rings. The fraction of sp³-hybridized carbons (Fsp3) is 0.381. The number of rotatable bonds is 5. The molecule has 0 aliphatic carbocycles. The Labute approximate surface area is 153 Å². The molecule has 1 N–H and O–H groups in total. The van der Waals surface area contributed by atoms with E-state index in [1.165, 1.54) is 5.56 Å². The standard InChI is InChI=1S/C21H25N3O2/c1-2-23-10-12-24(13-11-23)15-18-20(25)9-8-17-19(22-26-21(17)18)14-16-6-4-3-5-7-16/h3-9,25H,2,10-15H2,1H3. The van der Waals surface area contributed by atoms with E-state index in [0.717, 1.165) is 55.8 Å². The summed E-state index contributed by atoms with van der Waals surface area (Å²) in [4.78, 5) is 4.82. The Morgan fingerprint density at radius 1 is 1.00 bits per heavy atom. The van der Waals surface area contributed by atoms with Gasteiger partial charge in [-0.1, -0.05) is 42.4 Å². The van der Waals surface area contributed by atoms with Crippen LogP contribution in [0.15, 0.2) is 47.0 Å². The van der Waals surface area contributed by atoms with E-state index in [-0.39, 0.29) is 5.75 Å². The predicted molar refractivity (Wildman–Crippen MR) is 102 cm³/mol. The first-order chi connectivity index (χ1) is 12.7. The molecule has 26 heavy (non-hydrogen) atoms. The zero-order chi connectivity index (χ0) is 17.9. The number of benzene rings is 2. The monoisotopic (exact) mass is 351 g/mol. The number of nitrogens with zero attached hydrogens (tertiary/aromatic N) is 3. The van der Waals surface area contributed by atoms with Crippen LogP contribution in [0.1, 0.15) is 23.7 Å². The molecule has 0 saturated carbocycles. The van der Waals surface area contributed by atoms with Crippen LogP contribution in [0.5, 0.6) is 5.75 Å². The molecule has 2 aromatic carbocycles. The van der Waals surface area contributed by atoms with Crippen molar-refractivity contribution in [1.29, 1.82) is 0 Å². The van der Waals surface area contributed by atoms with E-state index >= 15 is 0 Å². The van der Waals surface area contributed by atoms with Gasteiger partial charge in [-0.05, 0) is 24.2 Å². The molecule has 0 radical (unpaired) electrons. The van der Waals surface area contributed by atoms with E-state index in [4.69, 9.17) is 4.52 Å². The zero-order valence-electron chi connectivity index (χ0n) is 15.2. The van der Waals surface area contributed by atoms with Crippen molar-refractivity contribution < 1.29 is 9.63 Å². The maximum Gasteiger partial charge on any atom is 0.175 e. The summed E-state index contributed by atoms with van der Waals surface area (Å²) >= 11 is 0. The van der Waals surface area contributed by atoms with Crippen molar-refractivity contribution in [3.05, 3.63) is 59.3 Å². The van der Waals surface area contributed by atoms with Gasteiger partial charge < -0.3 is 14.5 Å². The van der Waals surface area contributed by atoms with Crippen molar-refractivity contribution in [3.63, 3.8) is 0 Å². The number of phenolic OH excluding ortho intramolecular Hbond substituents is 1. The van der Waals surface area contributed by atoms with Gasteiger partial charge in [0.05, 0.1) is 11.3 Å². The first-order valence-electron chi connectivity index (χ1n) is 9.32. The second-order valence-electron chi connectivity index (χ2n) is 6.94. The van der Waals surface area contributed by atoms with Crippen molar-refractivity contribution in [1.82, 2.24) is 15.0 Å². The van der Waals surface area contributed by atoms with Gasteiger partial charge in [-0.15, -0.1) is 0 Å². The molecule has 2 heterocycles. The quantitative estimate of drug-likeness (QED) is 0.765. The van der Waals surface area contributed by atoms with Crippen LogP contribution in [0.2, 0.25) is 0 Å². The van der Waals surface area contributed by atoms with Gasteiger partial charge in [0, 0.05) is 44.5 Å². The molecule has 0 atom stereocenters. The third-order valence-electron chi connectivity index (χ3n) is 5.30. The predicted octanol–water partition coefficient (Wildman–Crippen LogP) is 3.26. The number of fused-ring (bicyclic) bond motifs is 1. The number of aromatic hydroxyl groups is 1. The van der Waals surface area contributed by atoms with Crippen LogP contribution < -0.4 is 0 Å². The van der Waals surface area contributed by atoms with E-state index in [1.807, 2.05) is 24.3 Å². The maximum absolute atomic E-state index is 10.4. The Morgan fingerprint density at radius 2 is 1.73 bits per heavy atom. The summed E-state index contributed by atoms with van der Waals surface area (Å²) < 4.78 is 5.67. The van der Waals surface area contributed by atoms with Gasteiger partial charge in [0.2, 0.25) is 0 Å². The molecule has 3 aromatic rings. The highest BCUT2D eigenvalue weighted by Crippen LogP contribution is 2.31. The second kappa shape index (κ2) is 7.48. The summed E-state index contributed by atoms with van der Waals surface area (Å²) in [5.41, 5.74) is 3.68. The average molecular weight is 351 g/mol. The lowest BCUT2D eigenvalue weighted by molar-refractivity contribution is 0.131. The molecular formula is C21H25N3O2. The minimum atomic E-state index is 0.290. The van der Waals surface area contributed by atoms with Crippen LogP contribution in [0.3, 0.4) is 0 Å². The minimum absolute atomic E-state index is 0.290. The molecule has 5 heteroatoms. The number of aromatic nitrogens is 1. The number of phenols is 1. The molecule has 1 saturated heterocycles. The normalized spacial score (nSPS) is 16.3. The van der Waals surface area contributed by atoms with Gasteiger partial charge in [0.1, 0.15) is 5.75 Å². The molecule has 1 fully saturated rings. The Balaban J connectivity index is 1.58. The maximum atomic E-state index is 10.4. The van der Waals surface area contributed by atoms with Gasteiger partial charge in [-0.2, -0.15) is 0 Å². The molecular weight excluding hydrogens is 326 g/mol. The van der Waals surface area contributed by atoms with E-state index in [1.54, 1.807) is 6.07 Å². The number of hydrogen-bond donors (Lipinski definition) is 1. The molecule has 0 spiro atoms. The Bertz CT molecular complexity index is 868. The zero-order valence-corrected chi connectivity index (χ0v) is 15.2. The molecule has 4 rings (SSSR count). The Hall–Kier alpha value is -2.37. The molecule has 0 bridgehead atoms. The van der Waals surface area contributed by atoms with E-state index in [9.17, 15) is 5.11 Å². The van der Waals surface area contributed by atoms with Gasteiger partial charge in [0.15, 0.2) is 5.58 Å². The van der Waals surface area contributed by atoms with Crippen molar-refractivity contribution in [2.45, 2.75) is 19.9 Å². The molecule has 136 valence electrons. The topological polar surface area (TPSA) is 52.7 Å². The number of hydrogen-bond acceptors (Lipinski definition) is 5. The highest BCUT2D eigenvalue weighted by atomic mass is 16.5. The average Bonchev–Trinajstić information content (AvgIpc) is 3.08. The summed E-state index contributed by atoms with van der Waals surface area (Å²) in [7, 11) is 0. The van der Waals surface area contributed by atoms with E-state index < -0.39 is 0 Å². The highest BCUT2D eigenvalue weighted by molar-refractivity contribution is 5.84. The van der Waals surface area contributed by atoms with Crippen LogP contribution >= 0.6 is 0 Å². The van der Waals surface area contributed by atoms with Crippen molar-refractivity contribution in [2.24, 2.45) is 0 Å². The van der Waals surface area contributed by atoms with Crippen LogP contribution in [0, 0.1) is 0 Å². The summed E-state index contributed by atoms with van der Waals surface area (Å²) in [6.45, 7) is 8.15. The fourth-order valence-electron chi connectivity index (χ4n) is 3.66. The van der Waals surface area contributed by atoms with Gasteiger partial charge in [-0.25, -0.2) is 0 Å². The van der Waals surface area contributed by atoms with Crippen molar-refractivity contribution in [3.8, 4) is 5.75 Å². The third kappa shape index (κ3) is 3.45. The van der Waals surface area contributed by atoms with Crippen LogP contribution in [-0.4, -0.2) is 52.8 Å². The van der Waals surface area contributed by atoms with E-state index in [0.29, 0.717) is 12.1 Å². The minimum Gasteiger partial charge on any atom is -0.507 e. The summed E-state index contributed by atoms with van der Waals surface area (Å²) in [6, 6.07) is 13.9. The largest absolute Gasteiger partial charge is 0.507 e. The number of piperazine rings is 1. The second-order valence-corrected chi connectivity index (χ2v) is 6.94. The lowest BCUT2D eigenvalue weighted by atomic mass is 10.0. The number of likely N-dealkylation sites (N-methyl/N-ethyl adjacent to an activating group) is 1. The van der Waals surface area contributed by atoms with E-state index in [2.05, 4.69) is 34.0 Å². The summed E-state index contributed by atoms with van der Waals surface area (Å²) in [6.07, 6.45) is 0.729. The highest BCUT2D eigenvalue weighted by Gasteiger charge is 2.21. The Kier molecular flexibility index (Phi) is 4.91. The fourth-order valence-corrected chi connectivity index (χ4v) is 3.66. The molecule has 0 amide bonds. The first kappa shape index (κ1) is 17.1. The van der Waals surface area contributed by atoms with Crippen LogP contribution in [-0.2, 0) is 13.0 Å². The van der Waals surface area contributed by atoms with Crippen LogP contribution in [0.25, 0.3) is 11.0 Å². The first-order valence-corrected chi connectivity index (χ1v) is 9.32. The molecule has 1 aromatic heterocycles. The lowest BCUT2D eigenvalue weighted by Gasteiger charge is -2.34. The lowest BCUT2D eigenvalue weighted by Crippen LogP contribution is -2.45. The SMILES string of the molecule is CCN1CCN(Cc2c(O)ccc3c(Cc4ccccc4)noc23)CC1. The molecule has 1 aliphatic heterocycles. The van der Waals surface area contributed by atoms with Crippen molar-refractivity contribution >= 4 is 11.0 Å². The van der Waals surface area contributed by atoms with Crippen molar-refractivity contribution in [2.75, 3.05) is 32.7 Å². The Morgan fingerprint density at radius 3 is 2.46 bits per heavy atom.